The Morgan fingerprint density at radius 1 is 0.950 bits per heavy atom. The van der Waals surface area contributed by atoms with Crippen LogP contribution in [-0.4, -0.2) is 4.98 Å². The van der Waals surface area contributed by atoms with Crippen LogP contribution in [0, 0.1) is 5.82 Å². The summed E-state index contributed by atoms with van der Waals surface area (Å²) in [6.45, 7) is 0. The third-order valence-electron chi connectivity index (χ3n) is 2.85. The molecule has 0 aliphatic heterocycles. The van der Waals surface area contributed by atoms with E-state index >= 15 is 0 Å². The predicted octanol–water partition coefficient (Wildman–Crippen LogP) is 4.65. The molecule has 0 fully saturated rings. The van der Waals surface area contributed by atoms with Crippen molar-refractivity contribution in [1.29, 1.82) is 0 Å². The van der Waals surface area contributed by atoms with Crippen molar-refractivity contribution in [2.75, 3.05) is 0 Å². The lowest BCUT2D eigenvalue weighted by molar-refractivity contribution is 0.560. The molecular formula is C17H12FNO. The maximum absolute atomic E-state index is 13.0. The monoisotopic (exact) mass is 265 g/mol. The van der Waals surface area contributed by atoms with Gasteiger partial charge >= 0.3 is 0 Å². The van der Waals surface area contributed by atoms with E-state index in [1.165, 1.54) is 12.1 Å². The van der Waals surface area contributed by atoms with Gasteiger partial charge in [0.15, 0.2) is 5.76 Å². The molecule has 0 aliphatic carbocycles. The normalized spacial score (nSPS) is 11.1. The zero-order valence-electron chi connectivity index (χ0n) is 10.7. The lowest BCUT2D eigenvalue weighted by Gasteiger charge is -1.93. The van der Waals surface area contributed by atoms with Crippen LogP contribution in [0.1, 0.15) is 11.5 Å². The predicted molar refractivity (Wildman–Crippen MR) is 77.3 cm³/mol. The minimum absolute atomic E-state index is 0.260. The van der Waals surface area contributed by atoms with Gasteiger partial charge in [-0.3, -0.25) is 0 Å². The minimum Gasteiger partial charge on any atom is -0.437 e. The van der Waals surface area contributed by atoms with Gasteiger partial charge in [0.05, 0.1) is 6.20 Å². The van der Waals surface area contributed by atoms with Crippen LogP contribution in [0.2, 0.25) is 0 Å². The highest BCUT2D eigenvalue weighted by Gasteiger charge is 2.03. The molecule has 98 valence electrons. The van der Waals surface area contributed by atoms with Crippen molar-refractivity contribution in [3.8, 4) is 11.3 Å². The van der Waals surface area contributed by atoms with Gasteiger partial charge in [0.25, 0.3) is 0 Å². The van der Waals surface area contributed by atoms with Crippen LogP contribution in [0.3, 0.4) is 0 Å². The molecular weight excluding hydrogens is 253 g/mol. The molecule has 0 atom stereocenters. The van der Waals surface area contributed by atoms with E-state index in [9.17, 15) is 4.39 Å². The highest BCUT2D eigenvalue weighted by molar-refractivity contribution is 5.67. The van der Waals surface area contributed by atoms with Crippen LogP contribution in [0.15, 0.2) is 65.2 Å². The first-order chi connectivity index (χ1) is 9.81. The molecule has 0 amide bonds. The lowest BCUT2D eigenvalue weighted by atomic mass is 10.2. The van der Waals surface area contributed by atoms with Gasteiger partial charge in [0.2, 0.25) is 5.89 Å². The summed E-state index contributed by atoms with van der Waals surface area (Å²) in [7, 11) is 0. The van der Waals surface area contributed by atoms with E-state index in [0.717, 1.165) is 11.1 Å². The van der Waals surface area contributed by atoms with Crippen LogP contribution in [-0.2, 0) is 0 Å². The molecule has 1 heterocycles. The second-order valence-corrected chi connectivity index (χ2v) is 4.32. The summed E-state index contributed by atoms with van der Waals surface area (Å²) in [4.78, 5) is 4.18. The quantitative estimate of drug-likeness (QED) is 0.689. The first-order valence-corrected chi connectivity index (χ1v) is 6.26. The molecule has 1 aromatic heterocycles. The maximum Gasteiger partial charge on any atom is 0.219 e. The van der Waals surface area contributed by atoms with Gasteiger partial charge in [0, 0.05) is 11.6 Å². The molecule has 3 aromatic rings. The number of aromatic nitrogens is 1. The van der Waals surface area contributed by atoms with E-state index in [1.807, 2.05) is 36.4 Å². The van der Waals surface area contributed by atoms with Gasteiger partial charge in [-0.25, -0.2) is 9.37 Å². The van der Waals surface area contributed by atoms with Gasteiger partial charge in [-0.05, 0) is 23.8 Å². The van der Waals surface area contributed by atoms with E-state index in [0.29, 0.717) is 11.7 Å². The van der Waals surface area contributed by atoms with Crippen LogP contribution in [0.25, 0.3) is 23.5 Å². The third kappa shape index (κ3) is 2.83. The number of oxazole rings is 1. The number of nitrogens with zero attached hydrogens (tertiary/aromatic N) is 1. The number of halogens is 1. The number of rotatable bonds is 3. The van der Waals surface area contributed by atoms with Crippen molar-refractivity contribution in [2.24, 2.45) is 0 Å². The molecule has 3 heteroatoms. The molecule has 0 radical (unpaired) electrons. The highest BCUT2D eigenvalue weighted by atomic mass is 19.1. The molecule has 0 bridgehead atoms. The summed E-state index contributed by atoms with van der Waals surface area (Å²) in [5, 5.41) is 0. The van der Waals surface area contributed by atoms with Gasteiger partial charge in [0.1, 0.15) is 5.82 Å². The fraction of sp³-hybridized carbons (Fsp3) is 0. The van der Waals surface area contributed by atoms with Gasteiger partial charge in [-0.15, -0.1) is 0 Å². The minimum atomic E-state index is -0.260. The summed E-state index contributed by atoms with van der Waals surface area (Å²) in [5.74, 6) is 0.946. The van der Waals surface area contributed by atoms with Crippen molar-refractivity contribution in [1.82, 2.24) is 4.98 Å². The summed E-state index contributed by atoms with van der Waals surface area (Å²) in [5.41, 5.74) is 1.75. The number of hydrogen-bond donors (Lipinski definition) is 0. The zero-order valence-corrected chi connectivity index (χ0v) is 10.7. The van der Waals surface area contributed by atoms with Gasteiger partial charge in [-0.2, -0.15) is 0 Å². The van der Waals surface area contributed by atoms with Gasteiger partial charge < -0.3 is 4.42 Å². The van der Waals surface area contributed by atoms with Crippen LogP contribution >= 0.6 is 0 Å². The Hall–Kier alpha value is -2.68. The molecule has 3 rings (SSSR count). The Bertz CT molecular complexity index is 732. The highest BCUT2D eigenvalue weighted by Crippen LogP contribution is 2.20. The Morgan fingerprint density at radius 2 is 1.80 bits per heavy atom. The van der Waals surface area contributed by atoms with E-state index in [-0.39, 0.29) is 5.82 Å². The van der Waals surface area contributed by atoms with Crippen LogP contribution < -0.4 is 0 Å². The Labute approximate surface area is 116 Å². The third-order valence-corrected chi connectivity index (χ3v) is 2.85. The van der Waals surface area contributed by atoms with Crippen molar-refractivity contribution < 1.29 is 8.81 Å². The fourth-order valence-corrected chi connectivity index (χ4v) is 1.88. The smallest absolute Gasteiger partial charge is 0.219 e. The van der Waals surface area contributed by atoms with Crippen molar-refractivity contribution >= 4 is 12.2 Å². The summed E-state index contributed by atoms with van der Waals surface area (Å²) >= 11 is 0. The molecule has 0 spiro atoms. The largest absolute Gasteiger partial charge is 0.437 e. The Morgan fingerprint density at radius 3 is 2.60 bits per heavy atom. The fourth-order valence-electron chi connectivity index (χ4n) is 1.88. The van der Waals surface area contributed by atoms with Crippen molar-refractivity contribution in [3.05, 3.63) is 78.1 Å². The average Bonchev–Trinajstić information content (AvgIpc) is 2.95. The van der Waals surface area contributed by atoms with Crippen LogP contribution in [0.5, 0.6) is 0 Å². The molecule has 0 saturated carbocycles. The molecule has 0 saturated heterocycles. The number of hydrogen-bond acceptors (Lipinski definition) is 2. The second kappa shape index (κ2) is 5.53. The zero-order chi connectivity index (χ0) is 13.8. The SMILES string of the molecule is Fc1cccc(/C=C\c2ncc(-c3ccccc3)o2)c1. The molecule has 0 unspecified atom stereocenters. The summed E-state index contributed by atoms with van der Waals surface area (Å²) in [6.07, 6.45) is 5.17. The van der Waals surface area contributed by atoms with E-state index in [2.05, 4.69) is 4.98 Å². The standard InChI is InChI=1S/C17H12FNO/c18-15-8-4-5-13(11-15)9-10-17-19-12-16(20-17)14-6-2-1-3-7-14/h1-12H/b10-9-. The van der Waals surface area contributed by atoms with Crippen LogP contribution in [0.4, 0.5) is 4.39 Å². The molecule has 2 aromatic carbocycles. The first-order valence-electron chi connectivity index (χ1n) is 6.26. The number of benzene rings is 2. The molecule has 0 N–H and O–H groups in total. The van der Waals surface area contributed by atoms with E-state index in [1.54, 1.807) is 24.4 Å². The molecule has 2 nitrogen and oxygen atoms in total. The second-order valence-electron chi connectivity index (χ2n) is 4.32. The Balaban J connectivity index is 1.81. The topological polar surface area (TPSA) is 26.0 Å². The average molecular weight is 265 g/mol. The lowest BCUT2D eigenvalue weighted by Crippen LogP contribution is -1.75. The Kier molecular flexibility index (Phi) is 3.42. The van der Waals surface area contributed by atoms with Crippen molar-refractivity contribution in [3.63, 3.8) is 0 Å². The first kappa shape index (κ1) is 12.4. The summed E-state index contributed by atoms with van der Waals surface area (Å²) in [6, 6.07) is 16.1. The van der Waals surface area contributed by atoms with Gasteiger partial charge in [-0.1, -0.05) is 42.5 Å². The van der Waals surface area contributed by atoms with E-state index in [4.69, 9.17) is 4.42 Å². The molecule has 20 heavy (non-hydrogen) atoms. The van der Waals surface area contributed by atoms with Crippen molar-refractivity contribution in [2.45, 2.75) is 0 Å². The maximum atomic E-state index is 13.0. The molecule has 0 aliphatic rings. The van der Waals surface area contributed by atoms with E-state index < -0.39 is 0 Å². The summed E-state index contributed by atoms with van der Waals surface area (Å²) < 4.78 is 18.7.